The molecular formula is C27H33NO4. The molecule has 5 heteroatoms. The number of aliphatic carboxylic acids is 1. The Bertz CT molecular complexity index is 1020. The van der Waals surface area contributed by atoms with E-state index in [9.17, 15) is 9.90 Å². The number of carboxylic acids is 1. The van der Waals surface area contributed by atoms with Crippen LogP contribution in [0.1, 0.15) is 53.2 Å². The molecule has 0 bridgehead atoms. The molecule has 1 heterocycles. The molecule has 1 aromatic heterocycles. The van der Waals surface area contributed by atoms with Crippen LogP contribution in [0.4, 0.5) is 0 Å². The molecule has 1 unspecified atom stereocenters. The zero-order valence-electron chi connectivity index (χ0n) is 19.7. The van der Waals surface area contributed by atoms with Crippen molar-refractivity contribution in [3.05, 3.63) is 84.4 Å². The average Bonchev–Trinajstić information content (AvgIpc) is 3.31. The fourth-order valence-corrected chi connectivity index (χ4v) is 2.75. The van der Waals surface area contributed by atoms with Crippen LogP contribution in [0.5, 0.6) is 5.75 Å². The van der Waals surface area contributed by atoms with Gasteiger partial charge in [0.25, 0.3) is 0 Å². The summed E-state index contributed by atoms with van der Waals surface area (Å²) in [5.74, 6) is -0.280. The van der Waals surface area contributed by atoms with Gasteiger partial charge in [-0.1, -0.05) is 96.1 Å². The quantitative estimate of drug-likeness (QED) is 0.346. The number of carboxylic acid groups (broad SMARTS) is 1. The molecule has 4 rings (SSSR count). The van der Waals surface area contributed by atoms with E-state index < -0.39 is 12.1 Å². The molecule has 5 nitrogen and oxygen atoms in total. The monoisotopic (exact) mass is 435 g/mol. The zero-order chi connectivity index (χ0) is 23.9. The van der Waals surface area contributed by atoms with Gasteiger partial charge in [-0.25, -0.2) is 9.78 Å². The highest BCUT2D eigenvalue weighted by Crippen LogP contribution is 2.34. The maximum absolute atomic E-state index is 11.7. The molecule has 0 aliphatic rings. The molecule has 0 fully saturated rings. The normalized spacial score (nSPS) is 10.3. The standard InChI is InChI=1S/C21H15NO4.3C2H6/c23-21(24)19(14-8-2-1-3-9-14)25-17-12-6-4-10-15(17)20-22-16-11-5-7-13-18(16)26-20;3*1-2/h1-13,19H,(H,23,24);3*1-2H3. The molecule has 170 valence electrons. The largest absolute Gasteiger partial charge is 0.478 e. The van der Waals surface area contributed by atoms with Crippen molar-refractivity contribution in [2.45, 2.75) is 47.6 Å². The van der Waals surface area contributed by atoms with Crippen molar-refractivity contribution in [2.75, 3.05) is 0 Å². The van der Waals surface area contributed by atoms with Crippen LogP contribution in [0, 0.1) is 0 Å². The molecule has 0 saturated carbocycles. The summed E-state index contributed by atoms with van der Waals surface area (Å²) in [4.78, 5) is 16.2. The van der Waals surface area contributed by atoms with Gasteiger partial charge in [-0.05, 0) is 24.3 Å². The van der Waals surface area contributed by atoms with Crippen molar-refractivity contribution in [1.29, 1.82) is 0 Å². The molecule has 1 N–H and O–H groups in total. The van der Waals surface area contributed by atoms with Gasteiger partial charge in [-0.3, -0.25) is 0 Å². The summed E-state index contributed by atoms with van der Waals surface area (Å²) in [5.41, 5.74) is 2.56. The second-order valence-electron chi connectivity index (χ2n) is 5.73. The van der Waals surface area contributed by atoms with Gasteiger partial charge in [-0.15, -0.1) is 0 Å². The molecule has 4 aromatic rings. The van der Waals surface area contributed by atoms with E-state index in [-0.39, 0.29) is 0 Å². The zero-order valence-corrected chi connectivity index (χ0v) is 19.7. The summed E-state index contributed by atoms with van der Waals surface area (Å²) in [6.07, 6.45) is -1.12. The van der Waals surface area contributed by atoms with Crippen LogP contribution in [0.2, 0.25) is 0 Å². The first kappa shape index (κ1) is 26.4. The number of rotatable bonds is 5. The topological polar surface area (TPSA) is 72.6 Å². The third-order valence-corrected chi connectivity index (χ3v) is 3.98. The Morgan fingerprint density at radius 2 is 1.38 bits per heavy atom. The Hall–Kier alpha value is -3.60. The number of hydrogen-bond acceptors (Lipinski definition) is 4. The van der Waals surface area contributed by atoms with Gasteiger partial charge in [0.1, 0.15) is 11.3 Å². The highest BCUT2D eigenvalue weighted by Gasteiger charge is 2.24. The lowest BCUT2D eigenvalue weighted by atomic mass is 10.1. The van der Waals surface area contributed by atoms with Crippen molar-refractivity contribution in [1.82, 2.24) is 4.98 Å². The number of ether oxygens (including phenoxy) is 1. The number of nitrogens with zero attached hydrogens (tertiary/aromatic N) is 1. The van der Waals surface area contributed by atoms with Crippen LogP contribution in [0.15, 0.2) is 83.3 Å². The van der Waals surface area contributed by atoms with Gasteiger partial charge in [0.05, 0.1) is 5.56 Å². The Morgan fingerprint density at radius 1 is 0.812 bits per heavy atom. The number of fused-ring (bicyclic) bond motifs is 1. The van der Waals surface area contributed by atoms with E-state index in [1.807, 2.05) is 77.9 Å². The lowest BCUT2D eigenvalue weighted by Crippen LogP contribution is -2.18. The van der Waals surface area contributed by atoms with E-state index in [0.717, 1.165) is 5.52 Å². The summed E-state index contributed by atoms with van der Waals surface area (Å²) >= 11 is 0. The smallest absolute Gasteiger partial charge is 0.349 e. The summed E-state index contributed by atoms with van der Waals surface area (Å²) in [6.45, 7) is 12.0. The van der Waals surface area contributed by atoms with Gasteiger partial charge in [0.2, 0.25) is 12.0 Å². The molecule has 0 saturated heterocycles. The first-order valence-corrected chi connectivity index (χ1v) is 11.1. The number of aromatic nitrogens is 1. The Labute approximate surface area is 190 Å². The number of hydrogen-bond donors (Lipinski definition) is 1. The van der Waals surface area contributed by atoms with E-state index in [4.69, 9.17) is 9.15 Å². The number of benzene rings is 3. The number of oxazole rings is 1. The Balaban J connectivity index is 0.000000789. The van der Waals surface area contributed by atoms with Crippen LogP contribution in [-0.4, -0.2) is 16.1 Å². The highest BCUT2D eigenvalue weighted by molar-refractivity contribution is 5.78. The molecule has 0 spiro atoms. The molecule has 1 atom stereocenters. The van der Waals surface area contributed by atoms with Gasteiger partial charge in [-0.2, -0.15) is 0 Å². The maximum atomic E-state index is 11.7. The summed E-state index contributed by atoms with van der Waals surface area (Å²) in [7, 11) is 0. The highest BCUT2D eigenvalue weighted by atomic mass is 16.5. The Kier molecular flexibility index (Phi) is 11.9. The fraction of sp³-hybridized carbons (Fsp3) is 0.259. The van der Waals surface area contributed by atoms with Crippen LogP contribution in [0.25, 0.3) is 22.6 Å². The summed E-state index contributed by atoms with van der Waals surface area (Å²) in [5, 5.41) is 9.60. The lowest BCUT2D eigenvalue weighted by Gasteiger charge is -2.17. The predicted molar refractivity (Wildman–Crippen MR) is 131 cm³/mol. The van der Waals surface area contributed by atoms with Crippen LogP contribution < -0.4 is 4.74 Å². The lowest BCUT2D eigenvalue weighted by molar-refractivity contribution is -0.145. The van der Waals surface area contributed by atoms with Crippen molar-refractivity contribution in [2.24, 2.45) is 0 Å². The number of carbonyl (C=O) groups is 1. The third kappa shape index (κ3) is 6.71. The van der Waals surface area contributed by atoms with Crippen LogP contribution in [0.3, 0.4) is 0 Å². The number of para-hydroxylation sites is 3. The van der Waals surface area contributed by atoms with E-state index in [1.165, 1.54) is 0 Å². The molecule has 3 aromatic carbocycles. The first-order valence-electron chi connectivity index (χ1n) is 11.1. The minimum atomic E-state index is -1.12. The van der Waals surface area contributed by atoms with E-state index in [2.05, 4.69) is 4.98 Å². The second-order valence-corrected chi connectivity index (χ2v) is 5.73. The SMILES string of the molecule is CC.CC.CC.O=C(O)C(Oc1ccccc1-c1nc2ccccc2o1)c1ccccc1. The van der Waals surface area contributed by atoms with E-state index >= 15 is 0 Å². The minimum absolute atomic E-state index is 0.388. The third-order valence-electron chi connectivity index (χ3n) is 3.98. The molecule has 0 aliphatic carbocycles. The molecule has 0 aliphatic heterocycles. The maximum Gasteiger partial charge on any atom is 0.349 e. The van der Waals surface area contributed by atoms with E-state index in [0.29, 0.717) is 28.4 Å². The fourth-order valence-electron chi connectivity index (χ4n) is 2.75. The van der Waals surface area contributed by atoms with Crippen molar-refractivity contribution in [3.63, 3.8) is 0 Å². The van der Waals surface area contributed by atoms with Gasteiger partial charge in [0, 0.05) is 5.56 Å². The van der Waals surface area contributed by atoms with Crippen molar-refractivity contribution in [3.8, 4) is 17.2 Å². The van der Waals surface area contributed by atoms with Gasteiger partial charge >= 0.3 is 5.97 Å². The van der Waals surface area contributed by atoms with Crippen molar-refractivity contribution >= 4 is 17.1 Å². The molecule has 0 amide bonds. The molecular weight excluding hydrogens is 402 g/mol. The van der Waals surface area contributed by atoms with Crippen molar-refractivity contribution < 1.29 is 19.1 Å². The van der Waals surface area contributed by atoms with Gasteiger partial charge in [0.15, 0.2) is 5.58 Å². The second kappa shape index (κ2) is 14.4. The summed E-state index contributed by atoms with van der Waals surface area (Å²) in [6, 6.07) is 23.4. The molecule has 32 heavy (non-hydrogen) atoms. The Morgan fingerprint density at radius 3 is 2.00 bits per heavy atom. The first-order chi connectivity index (χ1) is 15.7. The average molecular weight is 436 g/mol. The van der Waals surface area contributed by atoms with E-state index in [1.54, 1.807) is 42.5 Å². The van der Waals surface area contributed by atoms with Gasteiger partial charge < -0.3 is 14.3 Å². The minimum Gasteiger partial charge on any atom is -0.478 e. The molecule has 0 radical (unpaired) electrons. The predicted octanol–water partition coefficient (Wildman–Crippen LogP) is 7.78. The van der Waals surface area contributed by atoms with Crippen LogP contribution >= 0.6 is 0 Å². The summed E-state index contributed by atoms with van der Waals surface area (Å²) < 4.78 is 11.6. The van der Waals surface area contributed by atoms with Crippen LogP contribution in [-0.2, 0) is 4.79 Å².